The van der Waals surface area contributed by atoms with Gasteiger partial charge in [0.05, 0.1) is 18.2 Å². The van der Waals surface area contributed by atoms with Crippen molar-refractivity contribution in [2.75, 3.05) is 52.3 Å². The predicted molar refractivity (Wildman–Crippen MR) is 128 cm³/mol. The highest BCUT2D eigenvalue weighted by molar-refractivity contribution is 6.09. The van der Waals surface area contributed by atoms with Gasteiger partial charge in [-0.05, 0) is 42.3 Å². The summed E-state index contributed by atoms with van der Waals surface area (Å²) in [6.45, 7) is 2.94. The Balaban J connectivity index is 1.82. The average molecular weight is 440 g/mol. The van der Waals surface area contributed by atoms with E-state index in [0.29, 0.717) is 24.3 Å². The second kappa shape index (κ2) is 11.1. The summed E-state index contributed by atoms with van der Waals surface area (Å²) < 4.78 is 5.47. The molecule has 2 aromatic rings. The van der Waals surface area contributed by atoms with Crippen molar-refractivity contribution in [1.29, 1.82) is 0 Å². The molecule has 1 aliphatic heterocycles. The summed E-state index contributed by atoms with van der Waals surface area (Å²) in [5, 5.41) is 23.7. The van der Waals surface area contributed by atoms with E-state index in [9.17, 15) is 15.0 Å². The highest BCUT2D eigenvalue weighted by atomic mass is 16.5. The molecule has 0 bridgehead atoms. The van der Waals surface area contributed by atoms with Gasteiger partial charge in [0.1, 0.15) is 11.5 Å². The molecule has 1 fully saturated rings. The molecule has 1 saturated heterocycles. The number of aromatic hydroxyl groups is 1. The van der Waals surface area contributed by atoms with Crippen molar-refractivity contribution in [1.82, 2.24) is 10.2 Å². The molecule has 0 aromatic heterocycles. The predicted octanol–water partition coefficient (Wildman–Crippen LogP) is 2.52. The highest BCUT2D eigenvalue weighted by Gasteiger charge is 2.25. The number of piperazine rings is 1. The first kappa shape index (κ1) is 23.8. The van der Waals surface area contributed by atoms with Crippen LogP contribution >= 0.6 is 0 Å². The fourth-order valence-corrected chi connectivity index (χ4v) is 3.95. The van der Waals surface area contributed by atoms with Gasteiger partial charge >= 0.3 is 0 Å². The molecule has 0 spiro atoms. The Morgan fingerprint density at radius 2 is 2.00 bits per heavy atom. The number of carbonyl (C=O) groups excluding carboxylic acids is 1. The number of nitrogens with zero attached hydrogens (tertiary/aromatic N) is 2. The summed E-state index contributed by atoms with van der Waals surface area (Å²) in [6, 6.07) is 11.4. The standard InChI is InChI=1S/C25H33N3O4/c1-27(2)19-7-4-18(5-8-19)6-10-23(30)21-9-11-24(32-3)22(25(21)31)17-28-14-13-26-16-20(28)12-15-29/h4-11,20,26,29,31H,12-17H2,1-3H3/b10-6+. The number of aliphatic hydroxyl groups excluding tert-OH is 1. The molecule has 7 heteroatoms. The SMILES string of the molecule is COc1ccc(C(=O)/C=C/c2ccc(N(C)C)cc2)c(O)c1CN1CCNCC1CCO. The lowest BCUT2D eigenvalue weighted by atomic mass is 10.0. The molecule has 7 nitrogen and oxygen atoms in total. The van der Waals surface area contributed by atoms with Crippen LogP contribution in [-0.2, 0) is 6.54 Å². The molecule has 0 amide bonds. The van der Waals surface area contributed by atoms with Gasteiger partial charge in [0, 0.05) is 58.6 Å². The zero-order valence-corrected chi connectivity index (χ0v) is 19.0. The fourth-order valence-electron chi connectivity index (χ4n) is 3.95. The highest BCUT2D eigenvalue weighted by Crippen LogP contribution is 2.34. The molecule has 3 N–H and O–H groups in total. The number of nitrogens with one attached hydrogen (secondary N) is 1. The summed E-state index contributed by atoms with van der Waals surface area (Å²) in [7, 11) is 5.51. The van der Waals surface area contributed by atoms with E-state index in [1.54, 1.807) is 25.3 Å². The molecular formula is C25H33N3O4. The van der Waals surface area contributed by atoms with Crippen LogP contribution in [0.15, 0.2) is 42.5 Å². The number of hydrogen-bond acceptors (Lipinski definition) is 7. The molecule has 172 valence electrons. The monoisotopic (exact) mass is 439 g/mol. The molecule has 3 rings (SSSR count). The molecule has 0 radical (unpaired) electrons. The Morgan fingerprint density at radius 3 is 2.66 bits per heavy atom. The minimum Gasteiger partial charge on any atom is -0.507 e. The van der Waals surface area contributed by atoms with Crippen LogP contribution in [0, 0.1) is 0 Å². The van der Waals surface area contributed by atoms with E-state index in [1.165, 1.54) is 6.08 Å². The first-order valence-electron chi connectivity index (χ1n) is 10.9. The van der Waals surface area contributed by atoms with Crippen LogP contribution in [0.4, 0.5) is 5.69 Å². The van der Waals surface area contributed by atoms with Crippen molar-refractivity contribution in [2.45, 2.75) is 19.0 Å². The Hall–Kier alpha value is -2.87. The summed E-state index contributed by atoms with van der Waals surface area (Å²) in [5.41, 5.74) is 2.82. The molecule has 0 aliphatic carbocycles. The number of rotatable bonds is 9. The van der Waals surface area contributed by atoms with E-state index >= 15 is 0 Å². The van der Waals surface area contributed by atoms with E-state index in [2.05, 4.69) is 10.2 Å². The van der Waals surface area contributed by atoms with Gasteiger partial charge in [0.15, 0.2) is 5.78 Å². The van der Waals surface area contributed by atoms with Gasteiger partial charge in [-0.25, -0.2) is 0 Å². The molecule has 1 unspecified atom stereocenters. The van der Waals surface area contributed by atoms with E-state index in [4.69, 9.17) is 4.74 Å². The van der Waals surface area contributed by atoms with Crippen LogP contribution in [0.5, 0.6) is 11.5 Å². The number of phenolic OH excluding ortho intramolecular Hbond substituents is 1. The number of allylic oxidation sites excluding steroid dienone is 1. The van der Waals surface area contributed by atoms with Crippen molar-refractivity contribution in [2.24, 2.45) is 0 Å². The molecule has 1 atom stereocenters. The second-order valence-electron chi connectivity index (χ2n) is 8.17. The summed E-state index contributed by atoms with van der Waals surface area (Å²) in [4.78, 5) is 17.1. The number of benzene rings is 2. The van der Waals surface area contributed by atoms with Crippen molar-refractivity contribution < 1.29 is 19.7 Å². The third kappa shape index (κ3) is 5.68. The lowest BCUT2D eigenvalue weighted by Crippen LogP contribution is -2.51. The summed E-state index contributed by atoms with van der Waals surface area (Å²) in [5.74, 6) is 0.224. The van der Waals surface area contributed by atoms with Crippen LogP contribution in [-0.4, -0.2) is 74.4 Å². The quantitative estimate of drug-likeness (QED) is 0.409. The number of phenols is 1. The van der Waals surface area contributed by atoms with Gasteiger partial charge in [-0.15, -0.1) is 0 Å². The van der Waals surface area contributed by atoms with Crippen molar-refractivity contribution in [3.05, 3.63) is 59.2 Å². The maximum atomic E-state index is 12.9. The van der Waals surface area contributed by atoms with Crippen LogP contribution in [0.3, 0.4) is 0 Å². The van der Waals surface area contributed by atoms with Gasteiger partial charge in [0.2, 0.25) is 0 Å². The number of anilines is 1. The Kier molecular flexibility index (Phi) is 8.27. The Bertz CT molecular complexity index is 939. The van der Waals surface area contributed by atoms with E-state index in [-0.39, 0.29) is 29.7 Å². The number of methoxy groups -OCH3 is 1. The number of hydrogen-bond donors (Lipinski definition) is 3. The lowest BCUT2D eigenvalue weighted by Gasteiger charge is -2.36. The maximum Gasteiger partial charge on any atom is 0.189 e. The second-order valence-corrected chi connectivity index (χ2v) is 8.17. The van der Waals surface area contributed by atoms with Crippen LogP contribution in [0.2, 0.25) is 0 Å². The van der Waals surface area contributed by atoms with Crippen LogP contribution < -0.4 is 15.0 Å². The smallest absolute Gasteiger partial charge is 0.189 e. The summed E-state index contributed by atoms with van der Waals surface area (Å²) in [6.07, 6.45) is 3.87. The van der Waals surface area contributed by atoms with Gasteiger partial charge in [-0.1, -0.05) is 18.2 Å². The first-order chi connectivity index (χ1) is 15.4. The largest absolute Gasteiger partial charge is 0.507 e. The normalized spacial score (nSPS) is 16.9. The number of carbonyl (C=O) groups is 1. The minimum absolute atomic E-state index is 0.0526. The molecule has 2 aromatic carbocycles. The summed E-state index contributed by atoms with van der Waals surface area (Å²) >= 11 is 0. The molecule has 32 heavy (non-hydrogen) atoms. The van der Waals surface area contributed by atoms with Gasteiger partial charge < -0.3 is 25.2 Å². The van der Waals surface area contributed by atoms with Crippen molar-refractivity contribution >= 4 is 17.5 Å². The van der Waals surface area contributed by atoms with E-state index < -0.39 is 0 Å². The van der Waals surface area contributed by atoms with E-state index in [0.717, 1.165) is 30.9 Å². The fraction of sp³-hybridized carbons (Fsp3) is 0.400. The van der Waals surface area contributed by atoms with Gasteiger partial charge in [-0.3, -0.25) is 9.69 Å². The minimum atomic E-state index is -0.268. The molecular weight excluding hydrogens is 406 g/mol. The molecule has 0 saturated carbocycles. The molecule has 1 heterocycles. The number of ketones is 1. The zero-order chi connectivity index (χ0) is 23.1. The third-order valence-corrected chi connectivity index (χ3v) is 5.86. The topological polar surface area (TPSA) is 85.3 Å². The first-order valence-corrected chi connectivity index (χ1v) is 10.9. The van der Waals surface area contributed by atoms with Crippen molar-refractivity contribution in [3.63, 3.8) is 0 Å². The van der Waals surface area contributed by atoms with Gasteiger partial charge in [-0.2, -0.15) is 0 Å². The maximum absolute atomic E-state index is 12.9. The Labute approximate surface area is 189 Å². The lowest BCUT2D eigenvalue weighted by molar-refractivity contribution is 0.104. The van der Waals surface area contributed by atoms with Crippen LogP contribution in [0.25, 0.3) is 6.08 Å². The third-order valence-electron chi connectivity index (χ3n) is 5.86. The number of aliphatic hydroxyl groups is 1. The molecule has 1 aliphatic rings. The van der Waals surface area contributed by atoms with Crippen LogP contribution in [0.1, 0.15) is 27.9 Å². The van der Waals surface area contributed by atoms with Gasteiger partial charge in [0.25, 0.3) is 0 Å². The average Bonchev–Trinajstić information content (AvgIpc) is 2.80. The Morgan fingerprint density at radius 1 is 1.25 bits per heavy atom. The number of ether oxygens (including phenoxy) is 1. The zero-order valence-electron chi connectivity index (χ0n) is 19.0. The van der Waals surface area contributed by atoms with Crippen molar-refractivity contribution in [3.8, 4) is 11.5 Å². The van der Waals surface area contributed by atoms with E-state index in [1.807, 2.05) is 43.3 Å².